The lowest BCUT2D eigenvalue weighted by Gasteiger charge is -2.47. The molecule has 6 heteroatoms. The van der Waals surface area contributed by atoms with Crippen LogP contribution < -0.4 is 16.8 Å². The van der Waals surface area contributed by atoms with E-state index in [2.05, 4.69) is 38.0 Å². The van der Waals surface area contributed by atoms with Gasteiger partial charge in [-0.05, 0) is 40.5 Å². The molecule has 1 aromatic heterocycles. The summed E-state index contributed by atoms with van der Waals surface area (Å²) in [6.45, 7) is 8.86. The quantitative estimate of drug-likeness (QED) is 0.732. The normalized spacial score (nSPS) is 22.9. The van der Waals surface area contributed by atoms with Crippen molar-refractivity contribution in [2.24, 2.45) is 5.73 Å². The van der Waals surface area contributed by atoms with Crippen LogP contribution in [0.25, 0.3) is 6.08 Å². The van der Waals surface area contributed by atoms with Crippen molar-refractivity contribution in [3.63, 3.8) is 0 Å². The second kappa shape index (κ2) is 4.97. The lowest BCUT2D eigenvalue weighted by molar-refractivity contribution is 0.133. The molecule has 5 nitrogen and oxygen atoms in total. The third-order valence-electron chi connectivity index (χ3n) is 3.70. The summed E-state index contributed by atoms with van der Waals surface area (Å²) in [5.41, 5.74) is 12.4. The van der Waals surface area contributed by atoms with Gasteiger partial charge in [0.25, 0.3) is 0 Å². The number of nitrogens with zero attached hydrogens (tertiary/aromatic N) is 2. The van der Waals surface area contributed by atoms with Crippen LogP contribution in [0.15, 0.2) is 11.5 Å². The molecule has 0 radical (unpaired) electrons. The van der Waals surface area contributed by atoms with Gasteiger partial charge in [-0.3, -0.25) is 0 Å². The molecule has 1 saturated heterocycles. The molecule has 0 amide bonds. The van der Waals surface area contributed by atoms with Gasteiger partial charge >= 0.3 is 0 Å². The van der Waals surface area contributed by atoms with Gasteiger partial charge in [-0.1, -0.05) is 11.6 Å². The number of imidazole rings is 1. The SMILES string of the molecule is CC1(C)CC(n2cnc(/C=C(\N)Cl)c2N)CC(C)(C)N1. The lowest BCUT2D eigenvalue weighted by Crippen LogP contribution is -2.57. The Bertz CT molecular complexity index is 510. The number of nitrogens with two attached hydrogens (primary N) is 2. The molecule has 2 heterocycles. The minimum atomic E-state index is 0.0602. The molecule has 5 N–H and O–H groups in total. The summed E-state index contributed by atoms with van der Waals surface area (Å²) in [5, 5.41) is 3.85. The van der Waals surface area contributed by atoms with Crippen LogP contribution in [0.4, 0.5) is 5.82 Å². The molecule has 1 aliphatic rings. The van der Waals surface area contributed by atoms with E-state index in [1.54, 1.807) is 12.4 Å². The van der Waals surface area contributed by atoms with Crippen LogP contribution in [-0.4, -0.2) is 20.6 Å². The van der Waals surface area contributed by atoms with Crippen LogP contribution in [0.5, 0.6) is 0 Å². The van der Waals surface area contributed by atoms with Crippen LogP contribution in [0.3, 0.4) is 0 Å². The summed E-state index contributed by atoms with van der Waals surface area (Å²) in [7, 11) is 0. The fourth-order valence-corrected chi connectivity index (χ4v) is 3.49. The van der Waals surface area contributed by atoms with Crippen molar-refractivity contribution in [2.45, 2.75) is 57.7 Å². The van der Waals surface area contributed by atoms with E-state index >= 15 is 0 Å². The highest BCUT2D eigenvalue weighted by atomic mass is 35.5. The van der Waals surface area contributed by atoms with Crippen molar-refractivity contribution in [1.82, 2.24) is 14.9 Å². The topological polar surface area (TPSA) is 81.9 Å². The number of hydrogen-bond acceptors (Lipinski definition) is 4. The molecule has 1 fully saturated rings. The van der Waals surface area contributed by atoms with Gasteiger partial charge in [-0.15, -0.1) is 0 Å². The molecule has 0 unspecified atom stereocenters. The van der Waals surface area contributed by atoms with Gasteiger partial charge in [-0.25, -0.2) is 4.98 Å². The Kier molecular flexibility index (Phi) is 3.77. The smallest absolute Gasteiger partial charge is 0.131 e. The molecule has 1 aliphatic heterocycles. The number of aromatic nitrogens is 2. The maximum Gasteiger partial charge on any atom is 0.131 e. The highest BCUT2D eigenvalue weighted by Gasteiger charge is 2.38. The second-order valence-corrected chi connectivity index (χ2v) is 7.34. The number of rotatable bonds is 2. The van der Waals surface area contributed by atoms with Gasteiger partial charge in [0.15, 0.2) is 0 Å². The van der Waals surface area contributed by atoms with Crippen molar-refractivity contribution < 1.29 is 0 Å². The van der Waals surface area contributed by atoms with Gasteiger partial charge in [0, 0.05) is 23.2 Å². The van der Waals surface area contributed by atoms with Crippen molar-refractivity contribution in [3.8, 4) is 0 Å². The standard InChI is InChI=1S/C14H24ClN5/c1-13(2)6-9(7-14(3,4)19-13)20-8-18-10(12(20)17)5-11(15)16/h5,8-9,19H,6-7,16-17H2,1-4H3/b11-5-. The van der Waals surface area contributed by atoms with Crippen LogP contribution in [0, 0.1) is 0 Å². The number of hydrogen-bond donors (Lipinski definition) is 3. The van der Waals surface area contributed by atoms with Gasteiger partial charge in [-0.2, -0.15) is 0 Å². The molecule has 0 aliphatic carbocycles. The first-order chi connectivity index (χ1) is 9.10. The predicted octanol–water partition coefficient (Wildman–Crippen LogP) is 2.44. The second-order valence-electron chi connectivity index (χ2n) is 6.91. The van der Waals surface area contributed by atoms with Crippen molar-refractivity contribution in [2.75, 3.05) is 5.73 Å². The van der Waals surface area contributed by atoms with E-state index < -0.39 is 0 Å². The Hall–Kier alpha value is -1.20. The Balaban J connectivity index is 2.32. The zero-order chi connectivity index (χ0) is 15.1. The number of piperidine rings is 1. The third kappa shape index (κ3) is 3.27. The van der Waals surface area contributed by atoms with E-state index in [-0.39, 0.29) is 16.2 Å². The molecular formula is C14H24ClN5. The average molecular weight is 298 g/mol. The van der Waals surface area contributed by atoms with Gasteiger partial charge < -0.3 is 21.4 Å². The molecule has 0 saturated carbocycles. The first-order valence-electron chi connectivity index (χ1n) is 6.84. The Labute approximate surface area is 125 Å². The van der Waals surface area contributed by atoms with Crippen molar-refractivity contribution in [1.29, 1.82) is 0 Å². The monoisotopic (exact) mass is 297 g/mol. The van der Waals surface area contributed by atoms with Gasteiger partial charge in [0.1, 0.15) is 16.7 Å². The number of nitrogen functional groups attached to an aromatic ring is 1. The minimum Gasteiger partial charge on any atom is -0.389 e. The van der Waals surface area contributed by atoms with Crippen LogP contribution in [0.2, 0.25) is 0 Å². The summed E-state index contributed by atoms with van der Waals surface area (Å²) < 4.78 is 2.04. The maximum absolute atomic E-state index is 6.18. The molecular weight excluding hydrogens is 274 g/mol. The highest BCUT2D eigenvalue weighted by molar-refractivity contribution is 6.30. The van der Waals surface area contributed by atoms with Gasteiger partial charge in [0.05, 0.1) is 6.33 Å². The van der Waals surface area contributed by atoms with E-state index in [9.17, 15) is 0 Å². The van der Waals surface area contributed by atoms with E-state index in [1.807, 2.05) is 4.57 Å². The van der Waals surface area contributed by atoms with Crippen LogP contribution >= 0.6 is 11.6 Å². The predicted molar refractivity (Wildman–Crippen MR) is 84.2 cm³/mol. The largest absolute Gasteiger partial charge is 0.389 e. The van der Waals surface area contributed by atoms with Crippen LogP contribution in [-0.2, 0) is 0 Å². The highest BCUT2D eigenvalue weighted by Crippen LogP contribution is 2.37. The zero-order valence-corrected chi connectivity index (χ0v) is 13.3. The van der Waals surface area contributed by atoms with E-state index in [1.165, 1.54) is 0 Å². The van der Waals surface area contributed by atoms with E-state index in [4.69, 9.17) is 23.1 Å². The summed E-state index contributed by atoms with van der Waals surface area (Å²) in [4.78, 5) is 4.30. The maximum atomic E-state index is 6.18. The summed E-state index contributed by atoms with van der Waals surface area (Å²) in [5.74, 6) is 0.618. The number of halogens is 1. The molecule has 0 aromatic carbocycles. The first-order valence-corrected chi connectivity index (χ1v) is 7.22. The van der Waals surface area contributed by atoms with E-state index in [0.29, 0.717) is 17.6 Å². The first kappa shape index (κ1) is 15.2. The van der Waals surface area contributed by atoms with Crippen molar-refractivity contribution in [3.05, 3.63) is 17.2 Å². The molecule has 20 heavy (non-hydrogen) atoms. The fraction of sp³-hybridized carbons (Fsp3) is 0.643. The molecule has 0 bridgehead atoms. The molecule has 0 spiro atoms. The number of nitrogens with one attached hydrogen (secondary N) is 1. The van der Waals surface area contributed by atoms with Gasteiger partial charge in [0.2, 0.25) is 0 Å². The molecule has 1 aromatic rings. The summed E-state index contributed by atoms with van der Waals surface area (Å²) >= 11 is 5.69. The summed E-state index contributed by atoms with van der Waals surface area (Å²) in [6.07, 6.45) is 5.36. The van der Waals surface area contributed by atoms with E-state index in [0.717, 1.165) is 12.8 Å². The van der Waals surface area contributed by atoms with Crippen molar-refractivity contribution >= 4 is 23.5 Å². The zero-order valence-electron chi connectivity index (χ0n) is 12.6. The minimum absolute atomic E-state index is 0.0602. The third-order valence-corrected chi connectivity index (χ3v) is 3.81. The fourth-order valence-electron chi connectivity index (χ4n) is 3.38. The lowest BCUT2D eigenvalue weighted by atomic mass is 9.79. The Morgan fingerprint density at radius 1 is 1.40 bits per heavy atom. The molecule has 2 rings (SSSR count). The average Bonchev–Trinajstić information content (AvgIpc) is 2.55. The summed E-state index contributed by atoms with van der Waals surface area (Å²) in [6, 6.07) is 0.312. The molecule has 112 valence electrons. The number of anilines is 1. The van der Waals surface area contributed by atoms with Crippen LogP contribution in [0.1, 0.15) is 52.3 Å². The Morgan fingerprint density at radius 3 is 2.45 bits per heavy atom. The Morgan fingerprint density at radius 2 is 1.95 bits per heavy atom. The molecule has 0 atom stereocenters.